The molecule has 254 valence electrons. The van der Waals surface area contributed by atoms with E-state index < -0.39 is 0 Å². The lowest BCUT2D eigenvalue weighted by Gasteiger charge is -2.27. The van der Waals surface area contributed by atoms with E-state index in [9.17, 15) is 0 Å². The molecule has 0 radical (unpaired) electrons. The van der Waals surface area contributed by atoms with Crippen LogP contribution in [-0.2, 0) is 0 Å². The minimum Gasteiger partial charge on any atom is -0.454 e. The van der Waals surface area contributed by atoms with E-state index in [1.54, 1.807) is 0 Å². The summed E-state index contributed by atoms with van der Waals surface area (Å²) in [5, 5.41) is 4.67. The van der Waals surface area contributed by atoms with E-state index in [0.717, 1.165) is 39.0 Å². The molecule has 0 saturated carbocycles. The molecule has 0 saturated heterocycles. The third-order valence-corrected chi connectivity index (χ3v) is 10.5. The molecule has 9 aromatic carbocycles. The molecule has 0 spiro atoms. The van der Waals surface area contributed by atoms with Crippen LogP contribution in [0.1, 0.15) is 0 Å². The van der Waals surface area contributed by atoms with Crippen molar-refractivity contribution < 1.29 is 4.42 Å². The van der Waals surface area contributed by atoms with Gasteiger partial charge in [-0.2, -0.15) is 0 Å². The molecule has 10 aromatic rings. The second-order valence-corrected chi connectivity index (χ2v) is 13.7. The summed E-state index contributed by atoms with van der Waals surface area (Å²) in [4.78, 5) is 2.34. The van der Waals surface area contributed by atoms with Gasteiger partial charge in [-0.25, -0.2) is 0 Å². The molecule has 0 aliphatic rings. The summed E-state index contributed by atoms with van der Waals surface area (Å²) >= 11 is 0. The average molecular weight is 690 g/mol. The van der Waals surface area contributed by atoms with Crippen LogP contribution in [-0.4, -0.2) is 0 Å². The lowest BCUT2D eigenvalue weighted by Crippen LogP contribution is -2.10. The number of benzene rings is 9. The van der Waals surface area contributed by atoms with Crippen LogP contribution >= 0.6 is 0 Å². The number of hydrogen-bond donors (Lipinski definition) is 0. The summed E-state index contributed by atoms with van der Waals surface area (Å²) in [6, 6.07) is 75.8. The Morgan fingerprint density at radius 3 is 1.67 bits per heavy atom. The molecule has 2 heteroatoms. The number of para-hydroxylation sites is 2. The predicted octanol–water partition coefficient (Wildman–Crippen LogP) is 14.9. The van der Waals surface area contributed by atoms with Gasteiger partial charge >= 0.3 is 0 Å². The molecule has 1 heterocycles. The first-order valence-electron chi connectivity index (χ1n) is 18.4. The summed E-state index contributed by atoms with van der Waals surface area (Å²) in [5.74, 6) is 0. The Hall–Kier alpha value is -7.16. The highest BCUT2D eigenvalue weighted by atomic mass is 16.3. The predicted molar refractivity (Wildman–Crippen MR) is 228 cm³/mol. The van der Waals surface area contributed by atoms with Gasteiger partial charge < -0.3 is 9.32 Å². The smallest absolute Gasteiger partial charge is 0.159 e. The van der Waals surface area contributed by atoms with Crippen molar-refractivity contribution >= 4 is 49.8 Å². The third-order valence-electron chi connectivity index (χ3n) is 10.5. The Morgan fingerprint density at radius 1 is 0.315 bits per heavy atom. The molecule has 54 heavy (non-hydrogen) atoms. The Morgan fingerprint density at radius 2 is 0.907 bits per heavy atom. The van der Waals surface area contributed by atoms with Crippen molar-refractivity contribution in [1.29, 1.82) is 0 Å². The van der Waals surface area contributed by atoms with Crippen molar-refractivity contribution in [1.82, 2.24) is 0 Å². The Balaban J connectivity index is 1.14. The van der Waals surface area contributed by atoms with E-state index in [1.165, 1.54) is 55.3 Å². The van der Waals surface area contributed by atoms with Crippen molar-refractivity contribution in [3.05, 3.63) is 212 Å². The zero-order valence-corrected chi connectivity index (χ0v) is 29.6. The SMILES string of the molecule is c1ccc(-c2ccc3c(-c4ccc(N(c5ccc(-c6ccccc6)c(-c6ccccc6)c5)c5cccc6c5oc5ccccc56)cc4)cccc3c2)cc1. The first-order valence-corrected chi connectivity index (χ1v) is 18.4. The highest BCUT2D eigenvalue weighted by molar-refractivity contribution is 6.10. The number of nitrogens with zero attached hydrogens (tertiary/aromatic N) is 1. The number of fused-ring (bicyclic) bond motifs is 4. The quantitative estimate of drug-likeness (QED) is 0.166. The lowest BCUT2D eigenvalue weighted by molar-refractivity contribution is 0.669. The third kappa shape index (κ3) is 5.62. The van der Waals surface area contributed by atoms with Gasteiger partial charge in [-0.05, 0) is 97.7 Å². The van der Waals surface area contributed by atoms with Crippen LogP contribution in [0.2, 0.25) is 0 Å². The first-order chi connectivity index (χ1) is 26.8. The van der Waals surface area contributed by atoms with Crippen molar-refractivity contribution in [3.63, 3.8) is 0 Å². The van der Waals surface area contributed by atoms with Gasteiger partial charge in [0, 0.05) is 22.1 Å². The summed E-state index contributed by atoms with van der Waals surface area (Å²) in [5.41, 5.74) is 14.4. The molecule has 10 rings (SSSR count). The molecule has 0 fully saturated rings. The fourth-order valence-corrected chi connectivity index (χ4v) is 7.87. The normalized spacial score (nSPS) is 11.3. The summed E-state index contributed by atoms with van der Waals surface area (Å²) < 4.78 is 6.66. The maximum atomic E-state index is 6.66. The number of furan rings is 1. The molecule has 0 aliphatic carbocycles. The molecule has 0 aliphatic heterocycles. The monoisotopic (exact) mass is 689 g/mol. The second kappa shape index (κ2) is 13.4. The second-order valence-electron chi connectivity index (χ2n) is 13.7. The molecule has 1 aromatic heterocycles. The molecule has 0 amide bonds. The van der Waals surface area contributed by atoms with Crippen LogP contribution in [0.15, 0.2) is 217 Å². The minimum atomic E-state index is 0.861. The maximum Gasteiger partial charge on any atom is 0.159 e. The first kappa shape index (κ1) is 31.6. The summed E-state index contributed by atoms with van der Waals surface area (Å²) in [6.07, 6.45) is 0. The number of anilines is 3. The van der Waals surface area contributed by atoms with Gasteiger partial charge in [0.05, 0.1) is 5.69 Å². The standard InChI is InChI=1S/C52H35NO/c1-4-14-36(15-5-1)40-28-32-46-41(34-40)20-12-22-44(46)39-26-29-42(30-27-39)53(50-24-13-23-48-47-21-10-11-25-51(47)54-52(48)50)43-31-33-45(37-16-6-2-7-17-37)49(35-43)38-18-8-3-9-19-38/h1-35H. The van der Waals surface area contributed by atoms with Gasteiger partial charge in [-0.1, -0.05) is 170 Å². The molecule has 0 bridgehead atoms. The van der Waals surface area contributed by atoms with Crippen LogP contribution in [0.3, 0.4) is 0 Å². The van der Waals surface area contributed by atoms with E-state index in [4.69, 9.17) is 4.42 Å². The zero-order valence-electron chi connectivity index (χ0n) is 29.6. The fraction of sp³-hybridized carbons (Fsp3) is 0. The van der Waals surface area contributed by atoms with E-state index in [2.05, 4.69) is 205 Å². The van der Waals surface area contributed by atoms with Crippen LogP contribution in [0, 0.1) is 0 Å². The highest BCUT2D eigenvalue weighted by Crippen LogP contribution is 2.45. The van der Waals surface area contributed by atoms with Crippen molar-refractivity contribution in [3.8, 4) is 44.5 Å². The summed E-state index contributed by atoms with van der Waals surface area (Å²) in [7, 11) is 0. The molecular formula is C52H35NO. The fourth-order valence-electron chi connectivity index (χ4n) is 7.87. The molecular weight excluding hydrogens is 655 g/mol. The Kier molecular flexibility index (Phi) is 7.85. The van der Waals surface area contributed by atoms with Crippen molar-refractivity contribution in [2.24, 2.45) is 0 Å². The largest absolute Gasteiger partial charge is 0.454 e. The van der Waals surface area contributed by atoms with Crippen LogP contribution in [0.4, 0.5) is 17.1 Å². The van der Waals surface area contributed by atoms with Gasteiger partial charge in [0.25, 0.3) is 0 Å². The Labute approximate surface area is 314 Å². The van der Waals surface area contributed by atoms with Gasteiger partial charge in [0.15, 0.2) is 5.58 Å². The Bertz CT molecular complexity index is 2910. The van der Waals surface area contributed by atoms with Gasteiger partial charge in [0.1, 0.15) is 5.58 Å². The van der Waals surface area contributed by atoms with E-state index in [-0.39, 0.29) is 0 Å². The average Bonchev–Trinajstić information content (AvgIpc) is 3.64. The van der Waals surface area contributed by atoms with Gasteiger partial charge in [0.2, 0.25) is 0 Å². The number of hydrogen-bond acceptors (Lipinski definition) is 2. The minimum absolute atomic E-state index is 0.861. The van der Waals surface area contributed by atoms with Gasteiger partial charge in [-0.3, -0.25) is 0 Å². The van der Waals surface area contributed by atoms with Crippen LogP contribution in [0.5, 0.6) is 0 Å². The van der Waals surface area contributed by atoms with E-state index in [1.807, 2.05) is 12.1 Å². The molecule has 0 atom stereocenters. The topological polar surface area (TPSA) is 16.4 Å². The van der Waals surface area contributed by atoms with E-state index in [0.29, 0.717) is 0 Å². The molecule has 2 nitrogen and oxygen atoms in total. The molecule has 0 unspecified atom stereocenters. The van der Waals surface area contributed by atoms with Gasteiger partial charge in [-0.15, -0.1) is 0 Å². The van der Waals surface area contributed by atoms with Crippen molar-refractivity contribution in [2.75, 3.05) is 4.90 Å². The van der Waals surface area contributed by atoms with Crippen LogP contribution in [0.25, 0.3) is 77.2 Å². The van der Waals surface area contributed by atoms with E-state index >= 15 is 0 Å². The number of rotatable bonds is 7. The lowest BCUT2D eigenvalue weighted by atomic mass is 9.93. The highest BCUT2D eigenvalue weighted by Gasteiger charge is 2.21. The summed E-state index contributed by atoms with van der Waals surface area (Å²) in [6.45, 7) is 0. The van der Waals surface area contributed by atoms with Crippen LogP contribution < -0.4 is 4.90 Å². The zero-order chi connectivity index (χ0) is 35.8. The maximum absolute atomic E-state index is 6.66. The van der Waals surface area contributed by atoms with Crippen molar-refractivity contribution in [2.45, 2.75) is 0 Å². The molecule has 0 N–H and O–H groups in total.